The first kappa shape index (κ1) is 23.9. The minimum Gasteiger partial charge on any atom is -0.483 e. The highest BCUT2D eigenvalue weighted by molar-refractivity contribution is 8.19. The lowest BCUT2D eigenvalue weighted by atomic mass is 10.1. The first-order chi connectivity index (χ1) is 16.3. The van der Waals surface area contributed by atoms with Crippen LogP contribution < -0.4 is 15.0 Å². The number of benzene rings is 3. The highest BCUT2D eigenvalue weighted by Gasteiger charge is 2.34. The van der Waals surface area contributed by atoms with Crippen LogP contribution >= 0.6 is 35.0 Å². The third-order valence-corrected chi connectivity index (χ3v) is 6.30. The van der Waals surface area contributed by atoms with E-state index in [1.165, 1.54) is 4.90 Å². The molecule has 0 radical (unpaired) electrons. The van der Waals surface area contributed by atoms with E-state index in [0.717, 1.165) is 17.3 Å². The molecule has 0 bridgehead atoms. The Hall–Kier alpha value is -3.26. The molecule has 0 unspecified atom stereocenters. The van der Waals surface area contributed by atoms with Gasteiger partial charge in [0.2, 0.25) is 0 Å². The maximum absolute atomic E-state index is 13.1. The summed E-state index contributed by atoms with van der Waals surface area (Å²) in [5.74, 6) is -0.275. The Kier molecular flexibility index (Phi) is 7.26. The normalized spacial score (nSPS) is 14.6. The average Bonchev–Trinajstić information content (AvgIpc) is 3.08. The lowest BCUT2D eigenvalue weighted by molar-refractivity contribution is -0.118. The van der Waals surface area contributed by atoms with Crippen molar-refractivity contribution >= 4 is 69.4 Å². The average molecular weight is 512 g/mol. The fourth-order valence-electron chi connectivity index (χ4n) is 3.30. The molecule has 1 aliphatic rings. The van der Waals surface area contributed by atoms with Crippen LogP contribution in [0.1, 0.15) is 11.1 Å². The van der Waals surface area contributed by atoms with Gasteiger partial charge in [-0.15, -0.1) is 0 Å². The lowest BCUT2D eigenvalue weighted by Gasteiger charge is -2.16. The highest BCUT2D eigenvalue weighted by Crippen LogP contribution is 2.38. The number of nitrogens with zero attached hydrogens (tertiary/aromatic N) is 1. The molecule has 34 heavy (non-hydrogen) atoms. The molecule has 6 nitrogen and oxygen atoms in total. The smallest absolute Gasteiger partial charge is 0.271 e. The number of halogens is 2. The van der Waals surface area contributed by atoms with Gasteiger partial charge in [0.25, 0.3) is 11.8 Å². The Morgan fingerprint density at radius 1 is 1.09 bits per heavy atom. The molecule has 9 heteroatoms. The number of thioether (sulfide) groups is 1. The molecule has 1 fully saturated rings. The Labute approximate surface area is 211 Å². The van der Waals surface area contributed by atoms with Gasteiger partial charge >= 0.3 is 0 Å². The number of ether oxygens (including phenoxy) is 1. The van der Waals surface area contributed by atoms with E-state index < -0.39 is 0 Å². The molecule has 1 heterocycles. The van der Waals surface area contributed by atoms with Gasteiger partial charge in [0.05, 0.1) is 10.6 Å². The molecular weight excluding hydrogens is 493 g/mol. The van der Waals surface area contributed by atoms with Crippen LogP contribution in [0.3, 0.4) is 0 Å². The number of hydrogen-bond donors (Lipinski definition) is 2. The van der Waals surface area contributed by atoms with Gasteiger partial charge < -0.3 is 10.1 Å². The van der Waals surface area contributed by atoms with Gasteiger partial charge in [-0.3, -0.25) is 19.9 Å². The topological polar surface area (TPSA) is 82.5 Å². The zero-order chi connectivity index (χ0) is 24.2. The predicted octanol–water partition coefficient (Wildman–Crippen LogP) is 6.37. The predicted molar refractivity (Wildman–Crippen MR) is 139 cm³/mol. The SMILES string of the molecule is Cc1ccccc1N1C(=N)S/C(=C\c2cc(Cl)ccc2OCC(=O)Nc2ccc(Cl)cc2)C1=O. The summed E-state index contributed by atoms with van der Waals surface area (Å²) in [6.45, 7) is 1.65. The van der Waals surface area contributed by atoms with Crippen LogP contribution in [0.15, 0.2) is 71.6 Å². The van der Waals surface area contributed by atoms with E-state index >= 15 is 0 Å². The van der Waals surface area contributed by atoms with Crippen molar-refractivity contribution in [3.8, 4) is 5.75 Å². The van der Waals surface area contributed by atoms with E-state index in [0.29, 0.717) is 37.6 Å². The second-order valence-corrected chi connectivity index (χ2v) is 9.27. The Bertz CT molecular complexity index is 1310. The molecule has 0 saturated carbocycles. The summed E-state index contributed by atoms with van der Waals surface area (Å²) in [6, 6.07) is 19.1. The molecule has 1 aliphatic heterocycles. The van der Waals surface area contributed by atoms with Crippen LogP contribution in [0.2, 0.25) is 10.0 Å². The van der Waals surface area contributed by atoms with Crippen molar-refractivity contribution in [2.75, 3.05) is 16.8 Å². The number of carbonyl (C=O) groups excluding carboxylic acids is 2. The number of nitrogens with one attached hydrogen (secondary N) is 2. The molecule has 2 N–H and O–H groups in total. The summed E-state index contributed by atoms with van der Waals surface area (Å²) >= 11 is 13.1. The quantitative estimate of drug-likeness (QED) is 0.376. The fourth-order valence-corrected chi connectivity index (χ4v) is 4.45. The number of hydrogen-bond acceptors (Lipinski definition) is 5. The summed E-state index contributed by atoms with van der Waals surface area (Å²) in [6.07, 6.45) is 1.62. The van der Waals surface area contributed by atoms with Crippen LogP contribution in [0, 0.1) is 12.3 Å². The molecule has 0 spiro atoms. The lowest BCUT2D eigenvalue weighted by Crippen LogP contribution is -2.28. The van der Waals surface area contributed by atoms with Gasteiger partial charge in [0, 0.05) is 21.3 Å². The standard InChI is InChI=1S/C25H19Cl2N3O3S/c1-15-4-2-3-5-20(15)30-24(32)22(34-25(30)28)13-16-12-18(27)8-11-21(16)33-14-23(31)29-19-9-6-17(26)7-10-19/h2-13,28H,14H2,1H3,(H,29,31)/b22-13-,28-25?. The number of anilines is 2. The van der Waals surface area contributed by atoms with Crippen LogP contribution in [-0.4, -0.2) is 23.6 Å². The van der Waals surface area contributed by atoms with Crippen molar-refractivity contribution in [3.63, 3.8) is 0 Å². The van der Waals surface area contributed by atoms with E-state index in [2.05, 4.69) is 5.32 Å². The zero-order valence-corrected chi connectivity index (χ0v) is 20.3. The third-order valence-electron chi connectivity index (χ3n) is 4.93. The number of amidine groups is 1. The fraction of sp³-hybridized carbons (Fsp3) is 0.0800. The minimum atomic E-state index is -0.352. The molecule has 0 atom stereocenters. The van der Waals surface area contributed by atoms with E-state index in [-0.39, 0.29) is 23.6 Å². The number of carbonyl (C=O) groups is 2. The highest BCUT2D eigenvalue weighted by atomic mass is 35.5. The van der Waals surface area contributed by atoms with Crippen LogP contribution in [0.25, 0.3) is 6.08 Å². The largest absolute Gasteiger partial charge is 0.483 e. The molecular formula is C25H19Cl2N3O3S. The van der Waals surface area contributed by atoms with E-state index in [4.69, 9.17) is 33.3 Å². The molecule has 0 aliphatic carbocycles. The maximum atomic E-state index is 13.1. The molecule has 172 valence electrons. The van der Waals surface area contributed by atoms with E-state index in [9.17, 15) is 9.59 Å². The number of rotatable bonds is 6. The molecule has 4 rings (SSSR count). The van der Waals surface area contributed by atoms with Gasteiger partial charge in [-0.25, -0.2) is 0 Å². The number of para-hydroxylation sites is 1. The summed E-state index contributed by atoms with van der Waals surface area (Å²) in [7, 11) is 0. The first-order valence-electron chi connectivity index (χ1n) is 10.2. The second kappa shape index (κ2) is 10.3. The Morgan fingerprint density at radius 3 is 2.53 bits per heavy atom. The van der Waals surface area contributed by atoms with Gasteiger partial charge in [-0.1, -0.05) is 41.4 Å². The Morgan fingerprint density at radius 2 is 1.79 bits per heavy atom. The van der Waals surface area contributed by atoms with E-state index in [1.54, 1.807) is 54.6 Å². The molecule has 1 saturated heterocycles. The maximum Gasteiger partial charge on any atom is 0.271 e. The van der Waals surface area contributed by atoms with Crippen molar-refractivity contribution in [2.45, 2.75) is 6.92 Å². The van der Waals surface area contributed by atoms with Crippen molar-refractivity contribution in [1.82, 2.24) is 0 Å². The monoisotopic (exact) mass is 511 g/mol. The molecule has 3 aromatic rings. The summed E-state index contributed by atoms with van der Waals surface area (Å²) in [5.41, 5.74) is 2.68. The van der Waals surface area contributed by atoms with Gasteiger partial charge in [-0.2, -0.15) is 0 Å². The second-order valence-electron chi connectivity index (χ2n) is 7.37. The summed E-state index contributed by atoms with van der Waals surface area (Å²) in [4.78, 5) is 27.2. The minimum absolute atomic E-state index is 0.109. The van der Waals surface area contributed by atoms with Gasteiger partial charge in [0.15, 0.2) is 11.8 Å². The summed E-state index contributed by atoms with van der Waals surface area (Å²) < 4.78 is 5.72. The first-order valence-corrected chi connectivity index (χ1v) is 11.7. The molecule has 3 aromatic carbocycles. The summed E-state index contributed by atoms with van der Waals surface area (Å²) in [5, 5.41) is 12.2. The van der Waals surface area contributed by atoms with Crippen molar-refractivity contribution in [1.29, 1.82) is 5.41 Å². The number of amides is 2. The van der Waals surface area contributed by atoms with Gasteiger partial charge in [-0.05, 0) is 78.9 Å². The third kappa shape index (κ3) is 5.44. The molecule has 0 aromatic heterocycles. The van der Waals surface area contributed by atoms with Crippen LogP contribution in [-0.2, 0) is 9.59 Å². The Balaban J connectivity index is 1.52. The van der Waals surface area contributed by atoms with Crippen LogP contribution in [0.5, 0.6) is 5.75 Å². The number of aryl methyl sites for hydroxylation is 1. The van der Waals surface area contributed by atoms with Crippen molar-refractivity contribution in [3.05, 3.63) is 92.8 Å². The van der Waals surface area contributed by atoms with E-state index in [1.807, 2.05) is 25.1 Å². The van der Waals surface area contributed by atoms with Crippen LogP contribution in [0.4, 0.5) is 11.4 Å². The molecule has 2 amide bonds. The zero-order valence-electron chi connectivity index (χ0n) is 18.0. The van der Waals surface area contributed by atoms with Crippen molar-refractivity contribution in [2.24, 2.45) is 0 Å². The van der Waals surface area contributed by atoms with Gasteiger partial charge in [0.1, 0.15) is 5.75 Å². The van der Waals surface area contributed by atoms with Crippen molar-refractivity contribution < 1.29 is 14.3 Å².